The lowest BCUT2D eigenvalue weighted by atomic mass is 9.90. The minimum Gasteiger partial charge on any atom is -0.422 e. The van der Waals surface area contributed by atoms with Gasteiger partial charge in [0.05, 0.1) is 5.56 Å². The van der Waals surface area contributed by atoms with Crippen LogP contribution < -0.4 is 4.74 Å². The third-order valence-electron chi connectivity index (χ3n) is 6.81. The highest BCUT2D eigenvalue weighted by Gasteiger charge is 2.22. The molecule has 39 heavy (non-hydrogen) atoms. The second-order valence-electron chi connectivity index (χ2n) is 9.26. The van der Waals surface area contributed by atoms with Gasteiger partial charge in [0.2, 0.25) is 0 Å². The molecule has 6 aromatic rings. The van der Waals surface area contributed by atoms with Crippen molar-refractivity contribution >= 4 is 5.97 Å². The molecule has 0 spiro atoms. The van der Waals surface area contributed by atoms with Crippen molar-refractivity contribution in [3.05, 3.63) is 163 Å². The zero-order chi connectivity index (χ0) is 26.4. The van der Waals surface area contributed by atoms with Gasteiger partial charge in [0.1, 0.15) is 5.75 Å². The van der Waals surface area contributed by atoms with Gasteiger partial charge in [-0.2, -0.15) is 0 Å². The van der Waals surface area contributed by atoms with E-state index in [4.69, 9.17) is 4.74 Å². The minimum atomic E-state index is -0.394. The molecule has 0 aliphatic carbocycles. The second-order valence-corrected chi connectivity index (χ2v) is 9.26. The first-order valence-electron chi connectivity index (χ1n) is 13.0. The van der Waals surface area contributed by atoms with Gasteiger partial charge in [-0.05, 0) is 45.5 Å². The summed E-state index contributed by atoms with van der Waals surface area (Å²) in [5.41, 5.74) is 8.31. The molecule has 0 radical (unpaired) electrons. The maximum Gasteiger partial charge on any atom is 0.344 e. The predicted octanol–water partition coefficient (Wildman–Crippen LogP) is 9.57. The van der Waals surface area contributed by atoms with E-state index in [2.05, 4.69) is 36.4 Å². The third kappa shape index (κ3) is 5.01. The van der Waals surface area contributed by atoms with E-state index in [9.17, 15) is 4.79 Å². The van der Waals surface area contributed by atoms with Crippen molar-refractivity contribution in [2.45, 2.75) is 0 Å². The molecule has 0 aliphatic rings. The van der Waals surface area contributed by atoms with Crippen molar-refractivity contribution in [1.29, 1.82) is 0 Å². The van der Waals surface area contributed by atoms with Crippen molar-refractivity contribution < 1.29 is 9.53 Å². The molecule has 0 amide bonds. The summed E-state index contributed by atoms with van der Waals surface area (Å²) < 4.78 is 6.26. The van der Waals surface area contributed by atoms with Gasteiger partial charge in [-0.1, -0.05) is 146 Å². The Morgan fingerprint density at radius 3 is 1.31 bits per heavy atom. The zero-order valence-corrected chi connectivity index (χ0v) is 21.3. The average Bonchev–Trinajstić information content (AvgIpc) is 3.02. The van der Waals surface area contributed by atoms with Crippen LogP contribution in [0.5, 0.6) is 5.75 Å². The molecule has 0 atom stereocenters. The molecule has 0 unspecified atom stereocenters. The standard InChI is InChI=1S/C37H26O2/c38-37(33-25-13-23-31(27-15-5-1-6-16-27)35(33)29-19-9-3-10-20-29)39-34-26-14-24-32(28-17-7-2-8-18-28)36(34)30-21-11-4-12-22-30/h1-26H. The van der Waals surface area contributed by atoms with Crippen LogP contribution in [0, 0.1) is 0 Å². The van der Waals surface area contributed by atoms with Gasteiger partial charge in [0.25, 0.3) is 0 Å². The molecule has 6 rings (SSSR count). The molecule has 0 saturated heterocycles. The second kappa shape index (κ2) is 11.0. The number of hydrogen-bond donors (Lipinski definition) is 0. The lowest BCUT2D eigenvalue weighted by Gasteiger charge is -2.18. The van der Waals surface area contributed by atoms with Crippen LogP contribution in [0.1, 0.15) is 10.4 Å². The Bertz CT molecular complexity index is 1710. The number of carbonyl (C=O) groups is 1. The molecule has 0 fully saturated rings. The fourth-order valence-electron chi connectivity index (χ4n) is 5.03. The molecule has 0 bridgehead atoms. The highest BCUT2D eigenvalue weighted by Crippen LogP contribution is 2.41. The van der Waals surface area contributed by atoms with Crippen LogP contribution in [0.3, 0.4) is 0 Å². The van der Waals surface area contributed by atoms with Crippen molar-refractivity contribution in [1.82, 2.24) is 0 Å². The van der Waals surface area contributed by atoms with Crippen molar-refractivity contribution in [3.8, 4) is 50.3 Å². The summed E-state index contributed by atoms with van der Waals surface area (Å²) in [7, 11) is 0. The molecule has 2 nitrogen and oxygen atoms in total. The maximum atomic E-state index is 14.0. The summed E-state index contributed by atoms with van der Waals surface area (Å²) >= 11 is 0. The van der Waals surface area contributed by atoms with Gasteiger partial charge in [-0.25, -0.2) is 4.79 Å². The highest BCUT2D eigenvalue weighted by molar-refractivity contribution is 6.04. The fourth-order valence-corrected chi connectivity index (χ4v) is 5.03. The van der Waals surface area contributed by atoms with E-state index in [1.165, 1.54) is 0 Å². The van der Waals surface area contributed by atoms with Crippen molar-refractivity contribution in [3.63, 3.8) is 0 Å². The first-order valence-corrected chi connectivity index (χ1v) is 13.0. The average molecular weight is 503 g/mol. The van der Waals surface area contributed by atoms with Gasteiger partial charge < -0.3 is 4.74 Å². The van der Waals surface area contributed by atoms with E-state index in [-0.39, 0.29) is 0 Å². The lowest BCUT2D eigenvalue weighted by molar-refractivity contribution is 0.0736. The summed E-state index contributed by atoms with van der Waals surface area (Å²) in [5, 5.41) is 0. The third-order valence-corrected chi connectivity index (χ3v) is 6.81. The Morgan fingerprint density at radius 1 is 0.385 bits per heavy atom. The Kier molecular flexibility index (Phi) is 6.83. The van der Waals surface area contributed by atoms with E-state index < -0.39 is 5.97 Å². The highest BCUT2D eigenvalue weighted by atomic mass is 16.5. The van der Waals surface area contributed by atoms with Crippen molar-refractivity contribution in [2.24, 2.45) is 0 Å². The Hall–Kier alpha value is -5.21. The van der Waals surface area contributed by atoms with E-state index in [0.717, 1.165) is 44.5 Å². The van der Waals surface area contributed by atoms with Crippen LogP contribution in [0.15, 0.2) is 158 Å². The Labute approximate surface area is 228 Å². The number of carbonyl (C=O) groups excluding carboxylic acids is 1. The van der Waals surface area contributed by atoms with Crippen LogP contribution >= 0.6 is 0 Å². The molecule has 0 heterocycles. The van der Waals surface area contributed by atoms with E-state index >= 15 is 0 Å². The fraction of sp³-hybridized carbons (Fsp3) is 0. The van der Waals surface area contributed by atoms with Gasteiger partial charge in [0, 0.05) is 11.1 Å². The summed E-state index contributed by atoms with van der Waals surface area (Å²) in [6.45, 7) is 0. The van der Waals surface area contributed by atoms with Crippen LogP contribution in [0.4, 0.5) is 0 Å². The molecule has 0 aromatic heterocycles. The first kappa shape index (κ1) is 24.1. The molecule has 0 aliphatic heterocycles. The summed E-state index contributed by atoms with van der Waals surface area (Å²) in [6.07, 6.45) is 0. The molecule has 6 aromatic carbocycles. The van der Waals surface area contributed by atoms with E-state index in [1.54, 1.807) is 0 Å². The predicted molar refractivity (Wildman–Crippen MR) is 160 cm³/mol. The van der Waals surface area contributed by atoms with E-state index in [0.29, 0.717) is 11.3 Å². The number of benzene rings is 6. The summed E-state index contributed by atoms with van der Waals surface area (Å²) in [5.74, 6) is 0.130. The molecule has 0 N–H and O–H groups in total. The molecule has 186 valence electrons. The number of rotatable bonds is 6. The number of hydrogen-bond acceptors (Lipinski definition) is 2. The Balaban J connectivity index is 1.49. The SMILES string of the molecule is O=C(Oc1cccc(-c2ccccc2)c1-c1ccccc1)c1cccc(-c2ccccc2)c1-c1ccccc1. The van der Waals surface area contributed by atoms with Gasteiger partial charge in [-0.15, -0.1) is 0 Å². The van der Waals surface area contributed by atoms with Crippen LogP contribution in [-0.4, -0.2) is 5.97 Å². The van der Waals surface area contributed by atoms with Gasteiger partial charge >= 0.3 is 5.97 Å². The topological polar surface area (TPSA) is 26.3 Å². The number of esters is 1. The quantitative estimate of drug-likeness (QED) is 0.167. The van der Waals surface area contributed by atoms with Gasteiger partial charge in [0.15, 0.2) is 0 Å². The Morgan fingerprint density at radius 2 is 0.795 bits per heavy atom. The van der Waals surface area contributed by atoms with Crippen LogP contribution in [0.25, 0.3) is 44.5 Å². The largest absolute Gasteiger partial charge is 0.422 e. The lowest BCUT2D eigenvalue weighted by Crippen LogP contribution is -2.11. The normalized spacial score (nSPS) is 10.7. The molecule has 0 saturated carbocycles. The summed E-state index contributed by atoms with van der Waals surface area (Å²) in [6, 6.07) is 52.1. The molecule has 2 heteroatoms. The molecular weight excluding hydrogens is 476 g/mol. The van der Waals surface area contributed by atoms with Crippen molar-refractivity contribution in [2.75, 3.05) is 0 Å². The van der Waals surface area contributed by atoms with Crippen LogP contribution in [-0.2, 0) is 0 Å². The number of ether oxygens (including phenoxy) is 1. The van der Waals surface area contributed by atoms with E-state index in [1.807, 2.05) is 121 Å². The zero-order valence-electron chi connectivity index (χ0n) is 21.3. The minimum absolute atomic E-state index is 0.394. The smallest absolute Gasteiger partial charge is 0.344 e. The van der Waals surface area contributed by atoms with Gasteiger partial charge in [-0.3, -0.25) is 0 Å². The maximum absolute atomic E-state index is 14.0. The molecular formula is C37H26O2. The monoisotopic (exact) mass is 502 g/mol. The first-order chi connectivity index (χ1) is 19.3. The van der Waals surface area contributed by atoms with Crippen LogP contribution in [0.2, 0.25) is 0 Å². The summed E-state index contributed by atoms with van der Waals surface area (Å²) in [4.78, 5) is 14.0.